The average Bonchev–Trinajstić information content (AvgIpc) is 2.76. The molecule has 3 aromatic carbocycles. The number of hydrogen-bond donors (Lipinski definition) is 0. The molecule has 0 aliphatic carbocycles. The van der Waals surface area contributed by atoms with Crippen molar-refractivity contribution in [2.45, 2.75) is 6.92 Å². The van der Waals surface area contributed by atoms with Crippen molar-refractivity contribution in [3.8, 4) is 17.2 Å². The van der Waals surface area contributed by atoms with Gasteiger partial charge in [-0.1, -0.05) is 23.7 Å². The molecule has 0 spiro atoms. The molecule has 1 aromatic heterocycles. The standard InChI is InChI=1S/C23H14ClNO7/c1-13-3-2-4-15(9-13)31-21-12-30-20-11-16(6-7-17(20)22(21)26)32-23(27)18-10-14(25(28)29)5-8-19(18)24/h2-12H,1H3. The molecular weight excluding hydrogens is 438 g/mol. The van der Waals surface area contributed by atoms with Crippen LogP contribution in [-0.4, -0.2) is 10.9 Å². The van der Waals surface area contributed by atoms with Gasteiger partial charge in [0.2, 0.25) is 11.2 Å². The van der Waals surface area contributed by atoms with Crippen molar-refractivity contribution in [2.75, 3.05) is 0 Å². The van der Waals surface area contributed by atoms with Gasteiger partial charge < -0.3 is 13.9 Å². The number of ether oxygens (including phenoxy) is 2. The quantitative estimate of drug-likeness (QED) is 0.166. The van der Waals surface area contributed by atoms with E-state index >= 15 is 0 Å². The monoisotopic (exact) mass is 451 g/mol. The third-order valence-electron chi connectivity index (χ3n) is 4.52. The second-order valence-electron chi connectivity index (χ2n) is 6.82. The number of fused-ring (bicyclic) bond motifs is 1. The van der Waals surface area contributed by atoms with E-state index < -0.39 is 16.3 Å². The number of carbonyl (C=O) groups is 1. The molecule has 0 amide bonds. The first kappa shape index (κ1) is 21.1. The van der Waals surface area contributed by atoms with E-state index in [-0.39, 0.29) is 38.7 Å². The van der Waals surface area contributed by atoms with Gasteiger partial charge in [0.05, 0.1) is 20.9 Å². The summed E-state index contributed by atoms with van der Waals surface area (Å²) in [7, 11) is 0. The van der Waals surface area contributed by atoms with Gasteiger partial charge >= 0.3 is 5.97 Å². The van der Waals surface area contributed by atoms with Gasteiger partial charge in [-0.15, -0.1) is 0 Å². The van der Waals surface area contributed by atoms with Crippen LogP contribution in [0, 0.1) is 17.0 Å². The fourth-order valence-corrected chi connectivity index (χ4v) is 3.17. The lowest BCUT2D eigenvalue weighted by Gasteiger charge is -2.08. The zero-order valence-electron chi connectivity index (χ0n) is 16.5. The Hall–Kier alpha value is -4.17. The first-order valence-corrected chi connectivity index (χ1v) is 9.66. The van der Waals surface area contributed by atoms with E-state index in [1.807, 2.05) is 19.1 Å². The van der Waals surface area contributed by atoms with E-state index in [1.54, 1.807) is 12.1 Å². The highest BCUT2D eigenvalue weighted by atomic mass is 35.5. The number of nitro benzene ring substituents is 1. The fraction of sp³-hybridized carbons (Fsp3) is 0.0435. The van der Waals surface area contributed by atoms with Gasteiger partial charge in [0.1, 0.15) is 23.3 Å². The second kappa shape index (κ2) is 8.52. The molecule has 0 unspecified atom stereocenters. The van der Waals surface area contributed by atoms with E-state index in [9.17, 15) is 19.7 Å². The van der Waals surface area contributed by atoms with Crippen molar-refractivity contribution >= 4 is 34.2 Å². The molecule has 32 heavy (non-hydrogen) atoms. The van der Waals surface area contributed by atoms with Gasteiger partial charge in [-0.2, -0.15) is 0 Å². The average molecular weight is 452 g/mol. The van der Waals surface area contributed by atoms with Gasteiger partial charge in [0.15, 0.2) is 0 Å². The van der Waals surface area contributed by atoms with Crippen molar-refractivity contribution < 1.29 is 23.6 Å². The number of aryl methyl sites for hydroxylation is 1. The number of benzene rings is 3. The van der Waals surface area contributed by atoms with E-state index in [0.29, 0.717) is 5.75 Å². The summed E-state index contributed by atoms with van der Waals surface area (Å²) in [5, 5.41) is 11.2. The van der Waals surface area contributed by atoms with Gasteiger partial charge in [-0.3, -0.25) is 14.9 Å². The Morgan fingerprint density at radius 2 is 1.88 bits per heavy atom. The summed E-state index contributed by atoms with van der Waals surface area (Å²) < 4.78 is 16.4. The SMILES string of the molecule is Cc1cccc(Oc2coc3cc(OC(=O)c4cc([N+](=O)[O-])ccc4Cl)ccc3c2=O)c1. The van der Waals surface area contributed by atoms with E-state index in [0.717, 1.165) is 11.6 Å². The summed E-state index contributed by atoms with van der Waals surface area (Å²) in [4.78, 5) is 35.5. The molecule has 9 heteroatoms. The molecule has 8 nitrogen and oxygen atoms in total. The predicted molar refractivity (Wildman–Crippen MR) is 117 cm³/mol. The molecule has 4 rings (SSSR count). The summed E-state index contributed by atoms with van der Waals surface area (Å²) in [5.41, 5.74) is 0.286. The highest BCUT2D eigenvalue weighted by molar-refractivity contribution is 6.33. The third kappa shape index (κ3) is 4.30. The summed E-state index contributed by atoms with van der Waals surface area (Å²) in [6, 6.07) is 14.9. The van der Waals surface area contributed by atoms with Gasteiger partial charge in [-0.05, 0) is 42.8 Å². The van der Waals surface area contributed by atoms with E-state index in [1.165, 1.54) is 36.6 Å². The molecule has 0 aliphatic heterocycles. The Morgan fingerprint density at radius 3 is 2.62 bits per heavy atom. The van der Waals surface area contributed by atoms with Crippen molar-refractivity contribution in [2.24, 2.45) is 0 Å². The van der Waals surface area contributed by atoms with Crippen molar-refractivity contribution in [1.82, 2.24) is 0 Å². The number of non-ortho nitro benzene ring substituents is 1. The number of esters is 1. The summed E-state index contributed by atoms with van der Waals surface area (Å²) in [5.74, 6) is -0.312. The Balaban J connectivity index is 1.61. The largest absolute Gasteiger partial charge is 0.460 e. The summed E-state index contributed by atoms with van der Waals surface area (Å²) in [6.45, 7) is 1.90. The maximum Gasteiger partial charge on any atom is 0.345 e. The van der Waals surface area contributed by atoms with Crippen molar-refractivity contribution in [3.05, 3.63) is 103 Å². The molecule has 1 heterocycles. The molecule has 0 N–H and O–H groups in total. The topological polar surface area (TPSA) is 109 Å². The Bertz CT molecular complexity index is 1430. The maximum atomic E-state index is 12.7. The van der Waals surface area contributed by atoms with Crippen LogP contribution >= 0.6 is 11.6 Å². The van der Waals surface area contributed by atoms with Crippen LogP contribution in [0.2, 0.25) is 5.02 Å². The number of rotatable bonds is 5. The number of nitrogens with zero attached hydrogens (tertiary/aromatic N) is 1. The molecular formula is C23H14ClNO7. The summed E-state index contributed by atoms with van der Waals surface area (Å²) in [6.07, 6.45) is 1.18. The predicted octanol–water partition coefficient (Wildman–Crippen LogP) is 5.67. The summed E-state index contributed by atoms with van der Waals surface area (Å²) >= 11 is 5.97. The zero-order valence-corrected chi connectivity index (χ0v) is 17.3. The van der Waals surface area contributed by atoms with Crippen molar-refractivity contribution in [3.63, 3.8) is 0 Å². The molecule has 4 aromatic rings. The third-order valence-corrected chi connectivity index (χ3v) is 4.85. The molecule has 0 saturated carbocycles. The smallest absolute Gasteiger partial charge is 0.345 e. The molecule has 0 atom stereocenters. The Morgan fingerprint density at radius 1 is 1.06 bits per heavy atom. The lowest BCUT2D eigenvalue weighted by Crippen LogP contribution is -2.10. The minimum Gasteiger partial charge on any atom is -0.460 e. The van der Waals surface area contributed by atoms with Crippen LogP contribution in [0.25, 0.3) is 11.0 Å². The van der Waals surface area contributed by atoms with Crippen LogP contribution in [0.5, 0.6) is 17.2 Å². The van der Waals surface area contributed by atoms with E-state index in [4.69, 9.17) is 25.5 Å². The first-order valence-electron chi connectivity index (χ1n) is 9.28. The maximum absolute atomic E-state index is 12.7. The van der Waals surface area contributed by atoms with Crippen LogP contribution in [0.1, 0.15) is 15.9 Å². The minimum absolute atomic E-state index is 0.00543. The number of halogens is 1. The fourth-order valence-electron chi connectivity index (χ4n) is 2.98. The minimum atomic E-state index is -0.889. The lowest BCUT2D eigenvalue weighted by molar-refractivity contribution is -0.384. The molecule has 0 aliphatic rings. The van der Waals surface area contributed by atoms with Crippen LogP contribution in [0.4, 0.5) is 5.69 Å². The van der Waals surface area contributed by atoms with E-state index in [2.05, 4.69) is 0 Å². The second-order valence-corrected chi connectivity index (χ2v) is 7.22. The number of carbonyl (C=O) groups excluding carboxylic acids is 1. The molecule has 160 valence electrons. The molecule has 0 radical (unpaired) electrons. The highest BCUT2D eigenvalue weighted by Crippen LogP contribution is 2.27. The number of nitro groups is 1. The first-order chi connectivity index (χ1) is 15.3. The number of hydrogen-bond acceptors (Lipinski definition) is 7. The van der Waals surface area contributed by atoms with Gasteiger partial charge in [0, 0.05) is 18.2 Å². The lowest BCUT2D eigenvalue weighted by atomic mass is 10.2. The molecule has 0 fully saturated rings. The molecule has 0 bridgehead atoms. The molecule has 0 saturated heterocycles. The zero-order chi connectivity index (χ0) is 22.8. The van der Waals surface area contributed by atoms with Gasteiger partial charge in [-0.25, -0.2) is 4.79 Å². The van der Waals surface area contributed by atoms with Crippen LogP contribution in [0.15, 0.2) is 76.1 Å². The van der Waals surface area contributed by atoms with Crippen LogP contribution in [-0.2, 0) is 0 Å². The van der Waals surface area contributed by atoms with Gasteiger partial charge in [0.25, 0.3) is 5.69 Å². The Labute approximate surface area is 185 Å². The van der Waals surface area contributed by atoms with Crippen LogP contribution in [0.3, 0.4) is 0 Å². The van der Waals surface area contributed by atoms with Crippen molar-refractivity contribution in [1.29, 1.82) is 0 Å². The van der Waals surface area contributed by atoms with Crippen LogP contribution < -0.4 is 14.9 Å². The highest BCUT2D eigenvalue weighted by Gasteiger charge is 2.18. The normalized spacial score (nSPS) is 10.7. The Kier molecular flexibility index (Phi) is 5.61.